The molecule has 1 aromatic rings. The number of esters is 1. The fraction of sp³-hybridized carbons (Fsp3) is 0.562. The monoisotopic (exact) mass is 325 g/mol. The molecule has 122 valence electrons. The Hall–Kier alpha value is -1.40. The maximum atomic E-state index is 12.5. The number of hydrogen-bond donors (Lipinski definition) is 1. The second-order valence-electron chi connectivity index (χ2n) is 5.71. The van der Waals surface area contributed by atoms with Crippen molar-refractivity contribution < 1.29 is 17.9 Å². The highest BCUT2D eigenvalue weighted by molar-refractivity contribution is 7.88. The zero-order valence-electron chi connectivity index (χ0n) is 12.9. The maximum absolute atomic E-state index is 12.5. The van der Waals surface area contributed by atoms with E-state index >= 15 is 0 Å². The van der Waals surface area contributed by atoms with Gasteiger partial charge >= 0.3 is 5.97 Å². The molecule has 0 heterocycles. The molecule has 1 aliphatic rings. The van der Waals surface area contributed by atoms with Crippen LogP contribution in [-0.4, -0.2) is 26.5 Å². The van der Waals surface area contributed by atoms with Crippen LogP contribution in [0.4, 0.5) is 0 Å². The van der Waals surface area contributed by atoms with Gasteiger partial charge in [-0.1, -0.05) is 49.6 Å². The Bertz CT molecular complexity index is 592. The molecular weight excluding hydrogens is 302 g/mol. The summed E-state index contributed by atoms with van der Waals surface area (Å²) in [5.41, 5.74) is -0.396. The third kappa shape index (κ3) is 4.30. The minimum atomic E-state index is -3.61. The van der Waals surface area contributed by atoms with Gasteiger partial charge < -0.3 is 4.74 Å². The zero-order chi connectivity index (χ0) is 16.1. The normalized spacial score (nSPS) is 17.9. The summed E-state index contributed by atoms with van der Waals surface area (Å²) in [6.07, 6.45) is 3.67. The smallest absolute Gasteiger partial charge is 0.327 e. The molecule has 0 bridgehead atoms. The van der Waals surface area contributed by atoms with Crippen LogP contribution in [0.15, 0.2) is 30.3 Å². The molecule has 2 rings (SSSR count). The third-order valence-electron chi connectivity index (χ3n) is 3.92. The fourth-order valence-electron chi connectivity index (χ4n) is 2.90. The van der Waals surface area contributed by atoms with Gasteiger partial charge in [0, 0.05) is 0 Å². The van der Waals surface area contributed by atoms with Crippen molar-refractivity contribution in [3.8, 4) is 0 Å². The van der Waals surface area contributed by atoms with Gasteiger partial charge in [-0.3, -0.25) is 4.79 Å². The number of ether oxygens (including phenoxy) is 1. The van der Waals surface area contributed by atoms with Gasteiger partial charge in [0.1, 0.15) is 5.54 Å². The lowest BCUT2D eigenvalue weighted by Crippen LogP contribution is -2.56. The van der Waals surface area contributed by atoms with E-state index < -0.39 is 21.5 Å². The molecule has 0 spiro atoms. The van der Waals surface area contributed by atoms with Crippen LogP contribution in [0.5, 0.6) is 0 Å². The van der Waals surface area contributed by atoms with E-state index in [2.05, 4.69) is 4.72 Å². The first-order valence-corrected chi connectivity index (χ1v) is 9.35. The summed E-state index contributed by atoms with van der Waals surface area (Å²) in [6, 6.07) is 8.96. The topological polar surface area (TPSA) is 72.5 Å². The zero-order valence-corrected chi connectivity index (χ0v) is 13.7. The second-order valence-corrected chi connectivity index (χ2v) is 7.43. The highest BCUT2D eigenvalue weighted by Crippen LogP contribution is 2.30. The minimum absolute atomic E-state index is 0.130. The SMILES string of the molecule is CCOC(=O)C1(NS(=O)(=O)Cc2ccccc2)CCCCC1. The van der Waals surface area contributed by atoms with Crippen LogP contribution in [0.3, 0.4) is 0 Å². The molecule has 5 nitrogen and oxygen atoms in total. The van der Waals surface area contributed by atoms with Crippen LogP contribution in [0, 0.1) is 0 Å². The van der Waals surface area contributed by atoms with Crippen molar-refractivity contribution in [1.82, 2.24) is 4.72 Å². The lowest BCUT2D eigenvalue weighted by atomic mass is 9.82. The Morgan fingerprint density at radius 1 is 1.18 bits per heavy atom. The van der Waals surface area contributed by atoms with Crippen LogP contribution >= 0.6 is 0 Å². The second kappa shape index (κ2) is 7.24. The molecule has 0 aromatic heterocycles. The summed E-state index contributed by atoms with van der Waals surface area (Å²) in [6.45, 7) is 1.98. The summed E-state index contributed by atoms with van der Waals surface area (Å²) in [4.78, 5) is 12.3. The fourth-order valence-corrected chi connectivity index (χ4v) is 4.49. The Balaban J connectivity index is 2.17. The first-order chi connectivity index (χ1) is 10.5. The summed E-state index contributed by atoms with van der Waals surface area (Å²) < 4.78 is 32.7. The van der Waals surface area contributed by atoms with Gasteiger partial charge in [0.2, 0.25) is 10.0 Å². The molecule has 22 heavy (non-hydrogen) atoms. The van der Waals surface area contributed by atoms with E-state index in [0.717, 1.165) is 19.3 Å². The molecule has 0 saturated heterocycles. The van der Waals surface area contributed by atoms with Crippen LogP contribution in [0.25, 0.3) is 0 Å². The first kappa shape index (κ1) is 17.0. The van der Waals surface area contributed by atoms with Crippen molar-refractivity contribution in [3.05, 3.63) is 35.9 Å². The number of benzene rings is 1. The van der Waals surface area contributed by atoms with Gasteiger partial charge in [-0.25, -0.2) is 8.42 Å². The predicted molar refractivity (Wildman–Crippen MR) is 84.7 cm³/mol. The molecule has 0 radical (unpaired) electrons. The molecule has 0 aliphatic heterocycles. The minimum Gasteiger partial charge on any atom is -0.465 e. The van der Waals surface area contributed by atoms with Crippen molar-refractivity contribution in [2.24, 2.45) is 0 Å². The quantitative estimate of drug-likeness (QED) is 0.815. The molecule has 1 aliphatic carbocycles. The molecule has 1 saturated carbocycles. The van der Waals surface area contributed by atoms with Crippen LogP contribution in [0.2, 0.25) is 0 Å². The molecule has 6 heteroatoms. The van der Waals surface area contributed by atoms with Crippen molar-refractivity contribution in [1.29, 1.82) is 0 Å². The van der Waals surface area contributed by atoms with Crippen LogP contribution in [-0.2, 0) is 25.3 Å². The van der Waals surface area contributed by atoms with Crippen LogP contribution in [0.1, 0.15) is 44.6 Å². The molecular formula is C16H23NO4S. The van der Waals surface area contributed by atoms with Crippen LogP contribution < -0.4 is 4.72 Å². The molecule has 0 unspecified atom stereocenters. The van der Waals surface area contributed by atoms with Gasteiger partial charge in [0.25, 0.3) is 0 Å². The van der Waals surface area contributed by atoms with E-state index in [1.165, 1.54) is 0 Å². The number of carbonyl (C=O) groups excluding carboxylic acids is 1. The van der Waals surface area contributed by atoms with Gasteiger partial charge in [-0.2, -0.15) is 4.72 Å². The number of rotatable bonds is 6. The van der Waals surface area contributed by atoms with Crippen molar-refractivity contribution >= 4 is 16.0 Å². The number of sulfonamides is 1. The molecule has 0 atom stereocenters. The Morgan fingerprint density at radius 2 is 1.82 bits per heavy atom. The van der Waals surface area contributed by atoms with Gasteiger partial charge in [-0.05, 0) is 25.3 Å². The number of hydrogen-bond acceptors (Lipinski definition) is 4. The Kier molecular flexibility index (Phi) is 5.58. The first-order valence-electron chi connectivity index (χ1n) is 7.70. The lowest BCUT2D eigenvalue weighted by molar-refractivity contribution is -0.151. The molecule has 0 amide bonds. The Labute approximate surface area is 132 Å². The largest absolute Gasteiger partial charge is 0.465 e. The Morgan fingerprint density at radius 3 is 2.41 bits per heavy atom. The maximum Gasteiger partial charge on any atom is 0.327 e. The summed E-state index contributed by atoms with van der Waals surface area (Å²) in [5.74, 6) is -0.582. The standard InChI is InChI=1S/C16H23NO4S/c1-2-21-15(18)16(11-7-4-8-12-16)17-22(19,20)13-14-9-5-3-6-10-14/h3,5-6,9-10,17H,2,4,7-8,11-13H2,1H3. The van der Waals surface area contributed by atoms with Gasteiger partial charge in [0.05, 0.1) is 12.4 Å². The number of nitrogens with one attached hydrogen (secondary N) is 1. The van der Waals surface area contributed by atoms with Crippen molar-refractivity contribution in [3.63, 3.8) is 0 Å². The molecule has 1 aromatic carbocycles. The average molecular weight is 325 g/mol. The summed E-state index contributed by atoms with van der Waals surface area (Å²) >= 11 is 0. The molecule has 1 N–H and O–H groups in total. The van der Waals surface area contributed by atoms with Crippen molar-refractivity contribution in [2.75, 3.05) is 6.61 Å². The van der Waals surface area contributed by atoms with E-state index in [1.807, 2.05) is 6.07 Å². The van der Waals surface area contributed by atoms with E-state index in [4.69, 9.17) is 4.74 Å². The number of carbonyl (C=O) groups is 1. The summed E-state index contributed by atoms with van der Waals surface area (Å²) in [5, 5.41) is 0. The lowest BCUT2D eigenvalue weighted by Gasteiger charge is -2.35. The molecule has 1 fully saturated rings. The van der Waals surface area contributed by atoms with Gasteiger partial charge in [0.15, 0.2) is 0 Å². The highest BCUT2D eigenvalue weighted by Gasteiger charge is 2.43. The van der Waals surface area contributed by atoms with E-state index in [1.54, 1.807) is 31.2 Å². The van der Waals surface area contributed by atoms with Crippen molar-refractivity contribution in [2.45, 2.75) is 50.3 Å². The van der Waals surface area contributed by atoms with Gasteiger partial charge in [-0.15, -0.1) is 0 Å². The van der Waals surface area contributed by atoms with E-state index in [0.29, 0.717) is 18.4 Å². The average Bonchev–Trinajstić information content (AvgIpc) is 2.48. The van der Waals surface area contributed by atoms with E-state index in [-0.39, 0.29) is 12.4 Å². The summed E-state index contributed by atoms with van der Waals surface area (Å²) in [7, 11) is -3.61. The highest BCUT2D eigenvalue weighted by atomic mass is 32.2. The van der Waals surface area contributed by atoms with E-state index in [9.17, 15) is 13.2 Å². The predicted octanol–water partition coefficient (Wildman–Crippen LogP) is 2.37. The third-order valence-corrected chi connectivity index (χ3v) is 5.34.